The van der Waals surface area contributed by atoms with E-state index in [1.165, 1.54) is 4.80 Å². The first-order chi connectivity index (χ1) is 15.0. The maximum Gasteiger partial charge on any atom is 0.249 e. The van der Waals surface area contributed by atoms with Crippen molar-refractivity contribution in [2.24, 2.45) is 0 Å². The van der Waals surface area contributed by atoms with Crippen molar-refractivity contribution < 1.29 is 9.21 Å². The van der Waals surface area contributed by atoms with Crippen molar-refractivity contribution in [2.45, 2.75) is 26.9 Å². The Morgan fingerprint density at radius 2 is 2.03 bits per heavy atom. The first-order valence-corrected chi connectivity index (χ1v) is 9.80. The Balaban J connectivity index is 1.54. The number of nitriles is 1. The number of carbonyl (C=O) groups is 1. The minimum atomic E-state index is -0.380. The van der Waals surface area contributed by atoms with Gasteiger partial charge in [0.1, 0.15) is 24.2 Å². The van der Waals surface area contributed by atoms with Crippen molar-refractivity contribution in [1.29, 1.82) is 5.26 Å². The number of nitrogens with zero attached hydrogens (tertiary/aromatic N) is 6. The van der Waals surface area contributed by atoms with Gasteiger partial charge in [0.2, 0.25) is 11.7 Å². The van der Waals surface area contributed by atoms with Crippen molar-refractivity contribution in [1.82, 2.24) is 24.8 Å². The summed E-state index contributed by atoms with van der Waals surface area (Å²) in [7, 11) is 0. The van der Waals surface area contributed by atoms with Crippen LogP contribution < -0.4 is 5.32 Å². The molecule has 0 saturated heterocycles. The quantitative estimate of drug-likeness (QED) is 0.495. The monoisotopic (exact) mass is 435 g/mol. The number of carbonyl (C=O) groups excluding carboxylic acids is 1. The van der Waals surface area contributed by atoms with E-state index in [-0.39, 0.29) is 12.5 Å². The molecule has 0 unspecified atom stereocenters. The van der Waals surface area contributed by atoms with E-state index in [4.69, 9.17) is 16.0 Å². The molecule has 0 radical (unpaired) electrons. The zero-order chi connectivity index (χ0) is 22.0. The highest BCUT2D eigenvalue weighted by atomic mass is 35.5. The first-order valence-electron chi connectivity index (χ1n) is 9.42. The fraction of sp³-hybridized carbons (Fsp3) is 0.190. The summed E-state index contributed by atoms with van der Waals surface area (Å²) in [5, 5.41) is 25.2. The van der Waals surface area contributed by atoms with E-state index >= 15 is 0 Å². The number of benzene rings is 1. The first kappa shape index (κ1) is 20.4. The number of amides is 1. The molecule has 1 aromatic carbocycles. The van der Waals surface area contributed by atoms with Crippen LogP contribution in [0.1, 0.15) is 22.6 Å². The lowest BCUT2D eigenvalue weighted by molar-refractivity contribution is -0.117. The summed E-state index contributed by atoms with van der Waals surface area (Å²) in [5.74, 6) is 1.13. The standard InChI is InChI=1S/C21H18ClN7O2/c1-13-14(2)28(11-17-4-3-9-31-17)21(18(13)10-23)24-19(30)12-29-26-20(25-27-29)15-5-7-16(22)8-6-15/h3-9H,11-12H2,1-2H3,(H,24,30). The molecule has 0 aliphatic heterocycles. The maximum absolute atomic E-state index is 12.7. The second-order valence-corrected chi connectivity index (χ2v) is 7.35. The molecule has 0 aliphatic rings. The molecule has 3 aromatic heterocycles. The predicted molar refractivity (Wildman–Crippen MR) is 113 cm³/mol. The summed E-state index contributed by atoms with van der Waals surface area (Å²) in [6.07, 6.45) is 1.58. The van der Waals surface area contributed by atoms with E-state index in [2.05, 4.69) is 26.8 Å². The summed E-state index contributed by atoms with van der Waals surface area (Å²) >= 11 is 5.90. The summed E-state index contributed by atoms with van der Waals surface area (Å²) in [5.41, 5.74) is 2.81. The Labute approximate surface area is 182 Å². The van der Waals surface area contributed by atoms with E-state index in [9.17, 15) is 10.1 Å². The van der Waals surface area contributed by atoms with Gasteiger partial charge in [0, 0.05) is 16.3 Å². The van der Waals surface area contributed by atoms with Crippen molar-refractivity contribution in [3.8, 4) is 17.5 Å². The van der Waals surface area contributed by atoms with Gasteiger partial charge in [-0.1, -0.05) is 11.6 Å². The summed E-state index contributed by atoms with van der Waals surface area (Å²) < 4.78 is 7.27. The number of anilines is 1. The molecule has 10 heteroatoms. The van der Waals surface area contributed by atoms with Crippen LogP contribution in [0.5, 0.6) is 0 Å². The molecule has 4 aromatic rings. The molecule has 0 saturated carbocycles. The number of furan rings is 1. The molecule has 9 nitrogen and oxygen atoms in total. The molecule has 0 fully saturated rings. The lowest BCUT2D eigenvalue weighted by Crippen LogP contribution is -2.23. The minimum absolute atomic E-state index is 0.157. The SMILES string of the molecule is Cc1c(C#N)c(NC(=O)Cn2nnc(-c3ccc(Cl)cc3)n2)n(Cc2ccco2)c1C. The van der Waals surface area contributed by atoms with E-state index in [0.717, 1.165) is 16.8 Å². The maximum atomic E-state index is 12.7. The van der Waals surface area contributed by atoms with Crippen LogP contribution in [0.15, 0.2) is 47.1 Å². The van der Waals surface area contributed by atoms with Gasteiger partial charge in [-0.05, 0) is 61.0 Å². The lowest BCUT2D eigenvalue weighted by Gasteiger charge is -2.11. The molecule has 0 spiro atoms. The van der Waals surface area contributed by atoms with Crippen LogP contribution in [0.4, 0.5) is 5.82 Å². The average Bonchev–Trinajstić information content (AvgIpc) is 3.47. The molecular weight excluding hydrogens is 418 g/mol. The highest BCUT2D eigenvalue weighted by Gasteiger charge is 2.21. The Kier molecular flexibility index (Phi) is 5.56. The van der Waals surface area contributed by atoms with Crippen LogP contribution in [0.3, 0.4) is 0 Å². The Bertz CT molecular complexity index is 1260. The highest BCUT2D eigenvalue weighted by molar-refractivity contribution is 6.30. The van der Waals surface area contributed by atoms with E-state index < -0.39 is 0 Å². The Hall–Kier alpha value is -3.90. The molecule has 0 atom stereocenters. The Morgan fingerprint density at radius 3 is 2.71 bits per heavy atom. The van der Waals surface area contributed by atoms with Gasteiger partial charge in [0.05, 0.1) is 18.4 Å². The second kappa shape index (κ2) is 8.45. The van der Waals surface area contributed by atoms with E-state index in [1.807, 2.05) is 24.5 Å². The minimum Gasteiger partial charge on any atom is -0.467 e. The van der Waals surface area contributed by atoms with Crippen LogP contribution in [0.25, 0.3) is 11.4 Å². The van der Waals surface area contributed by atoms with Gasteiger partial charge >= 0.3 is 0 Å². The molecule has 1 N–H and O–H groups in total. The lowest BCUT2D eigenvalue weighted by atomic mass is 10.2. The van der Waals surface area contributed by atoms with Gasteiger partial charge in [0.15, 0.2) is 0 Å². The molecule has 4 rings (SSSR count). The van der Waals surface area contributed by atoms with E-state index in [0.29, 0.717) is 34.5 Å². The molecular formula is C21H18ClN7O2. The summed E-state index contributed by atoms with van der Waals surface area (Å²) in [6.45, 7) is 3.97. The Morgan fingerprint density at radius 1 is 1.26 bits per heavy atom. The smallest absolute Gasteiger partial charge is 0.249 e. The normalized spacial score (nSPS) is 10.8. The van der Waals surface area contributed by atoms with Crippen LogP contribution in [-0.2, 0) is 17.9 Å². The summed E-state index contributed by atoms with van der Waals surface area (Å²) in [4.78, 5) is 13.9. The molecule has 1 amide bonds. The second-order valence-electron chi connectivity index (χ2n) is 6.91. The third-order valence-electron chi connectivity index (χ3n) is 4.93. The number of nitrogens with one attached hydrogen (secondary N) is 1. The number of hydrogen-bond acceptors (Lipinski definition) is 6. The van der Waals surface area contributed by atoms with Crippen LogP contribution >= 0.6 is 11.6 Å². The van der Waals surface area contributed by atoms with Crippen LogP contribution in [0, 0.1) is 25.2 Å². The highest BCUT2D eigenvalue weighted by Crippen LogP contribution is 2.27. The largest absolute Gasteiger partial charge is 0.467 e. The van der Waals surface area contributed by atoms with Gasteiger partial charge in [-0.2, -0.15) is 10.1 Å². The van der Waals surface area contributed by atoms with Crippen LogP contribution in [-0.4, -0.2) is 30.7 Å². The van der Waals surface area contributed by atoms with Crippen molar-refractivity contribution >= 4 is 23.3 Å². The molecule has 0 bridgehead atoms. The van der Waals surface area contributed by atoms with Gasteiger partial charge in [-0.3, -0.25) is 4.79 Å². The molecule has 156 valence electrons. The third kappa shape index (κ3) is 4.20. The van der Waals surface area contributed by atoms with Gasteiger partial charge in [-0.15, -0.1) is 10.2 Å². The topological polar surface area (TPSA) is 115 Å². The number of aromatic nitrogens is 5. The molecule has 31 heavy (non-hydrogen) atoms. The van der Waals surface area contributed by atoms with Gasteiger partial charge < -0.3 is 14.3 Å². The fourth-order valence-corrected chi connectivity index (χ4v) is 3.34. The van der Waals surface area contributed by atoms with E-state index in [1.54, 1.807) is 36.6 Å². The predicted octanol–water partition coefficient (Wildman–Crippen LogP) is 3.56. The fourth-order valence-electron chi connectivity index (χ4n) is 3.21. The zero-order valence-corrected chi connectivity index (χ0v) is 17.6. The summed E-state index contributed by atoms with van der Waals surface area (Å²) in [6, 6.07) is 12.8. The third-order valence-corrected chi connectivity index (χ3v) is 5.19. The van der Waals surface area contributed by atoms with Crippen molar-refractivity contribution in [3.63, 3.8) is 0 Å². The molecule has 3 heterocycles. The van der Waals surface area contributed by atoms with Crippen LogP contribution in [0.2, 0.25) is 5.02 Å². The number of halogens is 1. The molecule has 0 aliphatic carbocycles. The number of rotatable bonds is 6. The van der Waals surface area contributed by atoms with Gasteiger partial charge in [0.25, 0.3) is 0 Å². The number of tetrazole rings is 1. The number of hydrogen-bond donors (Lipinski definition) is 1. The van der Waals surface area contributed by atoms with Gasteiger partial charge in [-0.25, -0.2) is 0 Å². The van der Waals surface area contributed by atoms with Crippen molar-refractivity contribution in [3.05, 3.63) is 70.3 Å². The van der Waals surface area contributed by atoms with Crippen molar-refractivity contribution in [2.75, 3.05) is 5.32 Å². The average molecular weight is 436 g/mol. The zero-order valence-electron chi connectivity index (χ0n) is 16.8.